The highest BCUT2D eigenvalue weighted by atomic mass is 15.2. The summed E-state index contributed by atoms with van der Waals surface area (Å²) in [7, 11) is 0. The molecule has 0 amide bonds. The standard InChI is InChI=1S/C19H27N3/c1-2-13-22(18(8-1)15-21-11-3-4-12-21)14-17-7-5-6-16-9-10-20-19(16)17/h5-7,9-10,18,20H,1-4,8,11-15H2. The van der Waals surface area contributed by atoms with Gasteiger partial charge in [0.05, 0.1) is 0 Å². The largest absolute Gasteiger partial charge is 0.361 e. The number of nitrogens with zero attached hydrogens (tertiary/aromatic N) is 2. The van der Waals surface area contributed by atoms with E-state index in [9.17, 15) is 0 Å². The zero-order valence-corrected chi connectivity index (χ0v) is 13.4. The highest BCUT2D eigenvalue weighted by Crippen LogP contribution is 2.24. The minimum Gasteiger partial charge on any atom is -0.361 e. The molecule has 3 heteroatoms. The van der Waals surface area contributed by atoms with E-state index in [0.717, 1.165) is 12.6 Å². The Bertz CT molecular complexity index is 612. The number of nitrogens with one attached hydrogen (secondary N) is 1. The fourth-order valence-electron chi connectivity index (χ4n) is 4.24. The maximum atomic E-state index is 3.43. The molecule has 1 N–H and O–H groups in total. The summed E-state index contributed by atoms with van der Waals surface area (Å²) in [5, 5.41) is 1.34. The number of H-pyrrole nitrogens is 1. The van der Waals surface area contributed by atoms with Crippen molar-refractivity contribution in [1.29, 1.82) is 0 Å². The van der Waals surface area contributed by atoms with Crippen LogP contribution in [-0.4, -0.2) is 47.0 Å². The lowest BCUT2D eigenvalue weighted by atomic mass is 10.00. The van der Waals surface area contributed by atoms with Crippen LogP contribution in [0.1, 0.15) is 37.7 Å². The molecule has 2 saturated heterocycles. The van der Waals surface area contributed by atoms with Crippen molar-refractivity contribution in [2.45, 2.75) is 44.7 Å². The van der Waals surface area contributed by atoms with Gasteiger partial charge in [-0.3, -0.25) is 4.90 Å². The maximum absolute atomic E-state index is 3.43. The van der Waals surface area contributed by atoms with Crippen LogP contribution in [0, 0.1) is 0 Å². The topological polar surface area (TPSA) is 22.3 Å². The average Bonchev–Trinajstić information content (AvgIpc) is 3.21. The fourth-order valence-corrected chi connectivity index (χ4v) is 4.24. The van der Waals surface area contributed by atoms with Gasteiger partial charge in [-0.2, -0.15) is 0 Å². The third-order valence-corrected chi connectivity index (χ3v) is 5.46. The van der Waals surface area contributed by atoms with E-state index >= 15 is 0 Å². The summed E-state index contributed by atoms with van der Waals surface area (Å²) >= 11 is 0. The summed E-state index contributed by atoms with van der Waals surface area (Å²) in [6.45, 7) is 6.26. The zero-order chi connectivity index (χ0) is 14.8. The lowest BCUT2D eigenvalue weighted by Crippen LogP contribution is -2.45. The van der Waals surface area contributed by atoms with Crippen LogP contribution in [0.15, 0.2) is 30.5 Å². The summed E-state index contributed by atoms with van der Waals surface area (Å²) in [5.74, 6) is 0. The van der Waals surface area contributed by atoms with E-state index in [2.05, 4.69) is 45.2 Å². The quantitative estimate of drug-likeness (QED) is 0.931. The Morgan fingerprint density at radius 1 is 1.00 bits per heavy atom. The van der Waals surface area contributed by atoms with E-state index in [1.54, 1.807) is 0 Å². The van der Waals surface area contributed by atoms with E-state index in [4.69, 9.17) is 0 Å². The molecule has 3 nitrogen and oxygen atoms in total. The normalized spacial score (nSPS) is 24.3. The molecule has 2 fully saturated rings. The SMILES string of the molecule is c1cc(CN2CCCCC2CN2CCCC2)c2[nH]ccc2c1. The van der Waals surface area contributed by atoms with Gasteiger partial charge in [-0.15, -0.1) is 0 Å². The van der Waals surface area contributed by atoms with Gasteiger partial charge in [0.25, 0.3) is 0 Å². The van der Waals surface area contributed by atoms with Crippen molar-refractivity contribution in [2.75, 3.05) is 26.2 Å². The summed E-state index contributed by atoms with van der Waals surface area (Å²) in [5.41, 5.74) is 2.78. The number of hydrogen-bond donors (Lipinski definition) is 1. The van der Waals surface area contributed by atoms with Gasteiger partial charge in [0.15, 0.2) is 0 Å². The van der Waals surface area contributed by atoms with Crippen LogP contribution in [0.3, 0.4) is 0 Å². The summed E-state index contributed by atoms with van der Waals surface area (Å²) in [6.07, 6.45) is 8.99. The number of hydrogen-bond acceptors (Lipinski definition) is 2. The number of para-hydroxylation sites is 1. The molecule has 22 heavy (non-hydrogen) atoms. The van der Waals surface area contributed by atoms with Gasteiger partial charge in [0, 0.05) is 30.8 Å². The first-order valence-corrected chi connectivity index (χ1v) is 8.91. The van der Waals surface area contributed by atoms with Crippen LogP contribution in [-0.2, 0) is 6.54 Å². The van der Waals surface area contributed by atoms with Gasteiger partial charge < -0.3 is 9.88 Å². The molecule has 1 aromatic heterocycles. The second-order valence-corrected chi connectivity index (χ2v) is 6.99. The summed E-state index contributed by atoms with van der Waals surface area (Å²) < 4.78 is 0. The Balaban J connectivity index is 1.50. The molecule has 1 atom stereocenters. The molecule has 2 aromatic rings. The summed E-state index contributed by atoms with van der Waals surface area (Å²) in [6, 6.07) is 9.62. The smallest absolute Gasteiger partial charge is 0.0499 e. The van der Waals surface area contributed by atoms with E-state index in [-0.39, 0.29) is 0 Å². The van der Waals surface area contributed by atoms with Crippen LogP contribution >= 0.6 is 0 Å². The van der Waals surface area contributed by atoms with Crippen LogP contribution < -0.4 is 0 Å². The number of piperidine rings is 1. The highest BCUT2D eigenvalue weighted by Gasteiger charge is 2.26. The average molecular weight is 297 g/mol. The number of likely N-dealkylation sites (tertiary alicyclic amines) is 2. The molecule has 1 unspecified atom stereocenters. The monoisotopic (exact) mass is 297 g/mol. The van der Waals surface area contributed by atoms with Crippen molar-refractivity contribution in [3.05, 3.63) is 36.0 Å². The summed E-state index contributed by atoms with van der Waals surface area (Å²) in [4.78, 5) is 8.84. The molecule has 2 aliphatic rings. The zero-order valence-electron chi connectivity index (χ0n) is 13.4. The second-order valence-electron chi connectivity index (χ2n) is 6.99. The predicted molar refractivity (Wildman–Crippen MR) is 92.0 cm³/mol. The Morgan fingerprint density at radius 3 is 2.77 bits per heavy atom. The molecule has 0 bridgehead atoms. The van der Waals surface area contributed by atoms with Crippen molar-refractivity contribution in [3.8, 4) is 0 Å². The van der Waals surface area contributed by atoms with Gasteiger partial charge in [-0.25, -0.2) is 0 Å². The molecule has 0 aliphatic carbocycles. The van der Waals surface area contributed by atoms with Crippen LogP contribution in [0.5, 0.6) is 0 Å². The molecule has 3 heterocycles. The Morgan fingerprint density at radius 2 is 1.86 bits per heavy atom. The Kier molecular flexibility index (Phi) is 4.17. The van der Waals surface area contributed by atoms with E-state index in [1.165, 1.54) is 74.7 Å². The van der Waals surface area contributed by atoms with Gasteiger partial charge in [-0.1, -0.05) is 24.6 Å². The van der Waals surface area contributed by atoms with Gasteiger partial charge in [-0.05, 0) is 62.3 Å². The van der Waals surface area contributed by atoms with E-state index in [1.807, 2.05) is 0 Å². The van der Waals surface area contributed by atoms with Crippen molar-refractivity contribution in [3.63, 3.8) is 0 Å². The number of fused-ring (bicyclic) bond motifs is 1. The van der Waals surface area contributed by atoms with Gasteiger partial charge >= 0.3 is 0 Å². The van der Waals surface area contributed by atoms with Crippen LogP contribution in [0.4, 0.5) is 0 Å². The first kappa shape index (κ1) is 14.3. The first-order chi connectivity index (χ1) is 10.9. The first-order valence-electron chi connectivity index (χ1n) is 8.91. The molecule has 0 radical (unpaired) electrons. The molecule has 2 aliphatic heterocycles. The van der Waals surface area contributed by atoms with Crippen molar-refractivity contribution < 1.29 is 0 Å². The third kappa shape index (κ3) is 2.92. The van der Waals surface area contributed by atoms with E-state index in [0.29, 0.717) is 0 Å². The van der Waals surface area contributed by atoms with Crippen molar-refractivity contribution in [1.82, 2.24) is 14.8 Å². The molecule has 0 spiro atoms. The molecule has 1 aromatic carbocycles. The highest BCUT2D eigenvalue weighted by molar-refractivity contribution is 5.82. The van der Waals surface area contributed by atoms with Crippen LogP contribution in [0.2, 0.25) is 0 Å². The van der Waals surface area contributed by atoms with Gasteiger partial charge in [0.2, 0.25) is 0 Å². The minimum atomic E-state index is 0.747. The molecular formula is C19H27N3. The molecule has 118 valence electrons. The molecule has 4 rings (SSSR count). The number of rotatable bonds is 4. The third-order valence-electron chi connectivity index (χ3n) is 5.46. The van der Waals surface area contributed by atoms with Gasteiger partial charge in [0.1, 0.15) is 0 Å². The maximum Gasteiger partial charge on any atom is 0.0499 e. The fraction of sp³-hybridized carbons (Fsp3) is 0.579. The number of benzene rings is 1. The second kappa shape index (κ2) is 6.43. The lowest BCUT2D eigenvalue weighted by Gasteiger charge is -2.38. The molecule has 0 saturated carbocycles. The Hall–Kier alpha value is -1.32. The minimum absolute atomic E-state index is 0.747. The predicted octanol–water partition coefficient (Wildman–Crippen LogP) is 3.62. The number of aromatic amines is 1. The molecular weight excluding hydrogens is 270 g/mol. The van der Waals surface area contributed by atoms with E-state index < -0.39 is 0 Å². The van der Waals surface area contributed by atoms with Crippen molar-refractivity contribution >= 4 is 10.9 Å². The van der Waals surface area contributed by atoms with Crippen LogP contribution in [0.25, 0.3) is 10.9 Å². The Labute approximate surface area is 133 Å². The lowest BCUT2D eigenvalue weighted by molar-refractivity contribution is 0.107. The van der Waals surface area contributed by atoms with Crippen molar-refractivity contribution in [2.24, 2.45) is 0 Å². The number of aromatic nitrogens is 1.